The van der Waals surface area contributed by atoms with E-state index in [2.05, 4.69) is 10.3 Å². The van der Waals surface area contributed by atoms with Crippen molar-refractivity contribution in [1.82, 2.24) is 15.0 Å². The summed E-state index contributed by atoms with van der Waals surface area (Å²) < 4.78 is 1.73. The van der Waals surface area contributed by atoms with Crippen molar-refractivity contribution in [3.63, 3.8) is 0 Å². The summed E-state index contributed by atoms with van der Waals surface area (Å²) in [5.41, 5.74) is 8.32. The van der Waals surface area contributed by atoms with Crippen molar-refractivity contribution in [2.75, 3.05) is 0 Å². The molecule has 0 radical (unpaired) electrons. The summed E-state index contributed by atoms with van der Waals surface area (Å²) >= 11 is 5.81. The van der Waals surface area contributed by atoms with Gasteiger partial charge < -0.3 is 5.73 Å². The fraction of sp³-hybridized carbons (Fsp3) is 0.200. The van der Waals surface area contributed by atoms with Crippen molar-refractivity contribution in [3.8, 4) is 5.69 Å². The Hall–Kier alpha value is -1.39. The third-order valence-corrected chi connectivity index (χ3v) is 2.47. The normalized spacial score (nSPS) is 10.6. The summed E-state index contributed by atoms with van der Waals surface area (Å²) in [5.74, 6) is 0. The fourth-order valence-corrected chi connectivity index (χ4v) is 1.53. The van der Waals surface area contributed by atoms with E-state index in [0.29, 0.717) is 11.6 Å². The second kappa shape index (κ2) is 4.00. The van der Waals surface area contributed by atoms with Crippen LogP contribution in [0.5, 0.6) is 0 Å². The van der Waals surface area contributed by atoms with E-state index in [4.69, 9.17) is 17.3 Å². The molecule has 0 fully saturated rings. The third-order valence-electron chi connectivity index (χ3n) is 2.22. The maximum atomic E-state index is 5.81. The molecule has 4 nitrogen and oxygen atoms in total. The average molecular weight is 223 g/mol. The predicted octanol–water partition coefficient (Wildman–Crippen LogP) is 1.69. The Morgan fingerprint density at radius 1 is 1.33 bits per heavy atom. The first-order valence-corrected chi connectivity index (χ1v) is 4.97. The predicted molar refractivity (Wildman–Crippen MR) is 59.0 cm³/mol. The molecule has 2 aromatic rings. The molecular weight excluding hydrogens is 212 g/mol. The van der Waals surface area contributed by atoms with Crippen LogP contribution in [0.2, 0.25) is 5.02 Å². The van der Waals surface area contributed by atoms with Crippen molar-refractivity contribution < 1.29 is 0 Å². The van der Waals surface area contributed by atoms with Gasteiger partial charge in [0.1, 0.15) is 0 Å². The Bertz CT molecular complexity index is 461. The number of nitrogens with two attached hydrogens (primary N) is 1. The van der Waals surface area contributed by atoms with Crippen molar-refractivity contribution in [1.29, 1.82) is 0 Å². The molecule has 0 atom stereocenters. The molecule has 0 amide bonds. The molecule has 0 aliphatic carbocycles. The van der Waals surface area contributed by atoms with Crippen LogP contribution in [0.3, 0.4) is 0 Å². The van der Waals surface area contributed by atoms with Gasteiger partial charge in [-0.1, -0.05) is 16.8 Å². The van der Waals surface area contributed by atoms with Crippen LogP contribution >= 0.6 is 11.6 Å². The van der Waals surface area contributed by atoms with Gasteiger partial charge in [0, 0.05) is 11.6 Å². The zero-order valence-electron chi connectivity index (χ0n) is 8.31. The quantitative estimate of drug-likeness (QED) is 0.841. The van der Waals surface area contributed by atoms with Gasteiger partial charge in [-0.25, -0.2) is 4.68 Å². The highest BCUT2D eigenvalue weighted by Gasteiger charge is 2.08. The lowest BCUT2D eigenvalue weighted by Crippen LogP contribution is -2.07. The Kier molecular flexibility index (Phi) is 2.70. The highest BCUT2D eigenvalue weighted by atomic mass is 35.5. The van der Waals surface area contributed by atoms with Gasteiger partial charge in [-0.2, -0.15) is 0 Å². The molecule has 0 spiro atoms. The molecule has 0 bridgehead atoms. The van der Waals surface area contributed by atoms with Gasteiger partial charge in [0.15, 0.2) is 0 Å². The maximum absolute atomic E-state index is 5.81. The molecule has 1 heterocycles. The van der Waals surface area contributed by atoms with E-state index in [1.54, 1.807) is 4.68 Å². The Balaban J connectivity index is 2.49. The third kappa shape index (κ3) is 1.86. The van der Waals surface area contributed by atoms with Gasteiger partial charge in [-0.05, 0) is 31.2 Å². The summed E-state index contributed by atoms with van der Waals surface area (Å²) in [5, 5.41) is 8.72. The molecule has 0 unspecified atom stereocenters. The Morgan fingerprint density at radius 3 is 2.60 bits per heavy atom. The zero-order valence-corrected chi connectivity index (χ0v) is 9.07. The van der Waals surface area contributed by atoms with Crippen LogP contribution in [0.15, 0.2) is 24.3 Å². The zero-order chi connectivity index (χ0) is 10.8. The molecule has 1 aromatic carbocycles. The topological polar surface area (TPSA) is 56.7 Å². The summed E-state index contributed by atoms with van der Waals surface area (Å²) in [7, 11) is 0. The van der Waals surface area contributed by atoms with Gasteiger partial charge in [0.25, 0.3) is 0 Å². The fourth-order valence-electron chi connectivity index (χ4n) is 1.40. The first-order valence-electron chi connectivity index (χ1n) is 4.59. The lowest BCUT2D eigenvalue weighted by Gasteiger charge is -2.04. The minimum Gasteiger partial charge on any atom is -0.325 e. The van der Waals surface area contributed by atoms with E-state index in [9.17, 15) is 0 Å². The molecule has 0 aliphatic heterocycles. The molecule has 15 heavy (non-hydrogen) atoms. The van der Waals surface area contributed by atoms with Crippen LogP contribution < -0.4 is 5.73 Å². The van der Waals surface area contributed by atoms with Crippen LogP contribution in [0.1, 0.15) is 11.4 Å². The van der Waals surface area contributed by atoms with Gasteiger partial charge in [-0.15, -0.1) is 5.10 Å². The second-order valence-electron chi connectivity index (χ2n) is 3.21. The lowest BCUT2D eigenvalue weighted by atomic mass is 10.3. The highest BCUT2D eigenvalue weighted by Crippen LogP contribution is 2.15. The SMILES string of the molecule is Cc1nnn(-c2ccc(Cl)cc2)c1CN. The molecule has 1 aromatic heterocycles. The molecule has 0 saturated heterocycles. The number of aromatic nitrogens is 3. The number of hydrogen-bond donors (Lipinski definition) is 1. The van der Waals surface area contributed by atoms with Gasteiger partial charge in [0.2, 0.25) is 0 Å². The van der Waals surface area contributed by atoms with E-state index >= 15 is 0 Å². The van der Waals surface area contributed by atoms with E-state index in [0.717, 1.165) is 17.1 Å². The number of halogens is 1. The number of nitrogens with zero attached hydrogens (tertiary/aromatic N) is 3. The van der Waals surface area contributed by atoms with Crippen LogP contribution in [-0.2, 0) is 6.54 Å². The maximum Gasteiger partial charge on any atom is 0.0846 e. The molecule has 2 N–H and O–H groups in total. The molecule has 78 valence electrons. The summed E-state index contributed by atoms with van der Waals surface area (Å²) in [4.78, 5) is 0. The van der Waals surface area contributed by atoms with Crippen LogP contribution in [-0.4, -0.2) is 15.0 Å². The highest BCUT2D eigenvalue weighted by molar-refractivity contribution is 6.30. The first kappa shape index (κ1) is 10.1. The Morgan fingerprint density at radius 2 is 2.00 bits per heavy atom. The minimum atomic E-state index is 0.418. The number of hydrogen-bond acceptors (Lipinski definition) is 3. The van der Waals surface area contributed by atoms with Crippen LogP contribution in [0, 0.1) is 6.92 Å². The van der Waals surface area contributed by atoms with Gasteiger partial charge in [0.05, 0.1) is 17.1 Å². The summed E-state index contributed by atoms with van der Waals surface area (Å²) in [6.45, 7) is 2.31. The largest absolute Gasteiger partial charge is 0.325 e. The summed E-state index contributed by atoms with van der Waals surface area (Å²) in [6, 6.07) is 7.40. The monoisotopic (exact) mass is 222 g/mol. The number of rotatable bonds is 2. The molecule has 0 saturated carbocycles. The van der Waals surface area contributed by atoms with Crippen molar-refractivity contribution in [2.45, 2.75) is 13.5 Å². The average Bonchev–Trinajstić information content (AvgIpc) is 2.61. The van der Waals surface area contributed by atoms with Crippen molar-refractivity contribution in [2.24, 2.45) is 5.73 Å². The van der Waals surface area contributed by atoms with Crippen LogP contribution in [0.25, 0.3) is 5.69 Å². The smallest absolute Gasteiger partial charge is 0.0846 e. The lowest BCUT2D eigenvalue weighted by molar-refractivity contribution is 0.761. The molecule has 5 heteroatoms. The van der Waals surface area contributed by atoms with Gasteiger partial charge >= 0.3 is 0 Å². The number of benzene rings is 1. The van der Waals surface area contributed by atoms with Crippen LogP contribution in [0.4, 0.5) is 0 Å². The molecule has 2 rings (SSSR count). The van der Waals surface area contributed by atoms with Gasteiger partial charge in [-0.3, -0.25) is 0 Å². The second-order valence-corrected chi connectivity index (χ2v) is 3.65. The summed E-state index contributed by atoms with van der Waals surface area (Å²) in [6.07, 6.45) is 0. The van der Waals surface area contributed by atoms with E-state index in [1.807, 2.05) is 31.2 Å². The van der Waals surface area contributed by atoms with E-state index in [1.165, 1.54) is 0 Å². The standard InChI is InChI=1S/C10H11ClN4/c1-7-10(6-12)15(14-13-7)9-4-2-8(11)3-5-9/h2-5H,6,12H2,1H3. The van der Waals surface area contributed by atoms with E-state index < -0.39 is 0 Å². The van der Waals surface area contributed by atoms with Crippen molar-refractivity contribution >= 4 is 11.6 Å². The van der Waals surface area contributed by atoms with Crippen molar-refractivity contribution in [3.05, 3.63) is 40.7 Å². The number of aryl methyl sites for hydroxylation is 1. The Labute approximate surface area is 92.7 Å². The first-order chi connectivity index (χ1) is 7.22. The van der Waals surface area contributed by atoms with E-state index in [-0.39, 0.29) is 0 Å². The molecular formula is C10H11ClN4. The molecule has 0 aliphatic rings. The minimum absolute atomic E-state index is 0.418.